The molecular formula is C27H28N2O5. The second-order valence-corrected chi connectivity index (χ2v) is 10.2. The Bertz CT molecular complexity index is 1180. The molecule has 7 nitrogen and oxygen atoms in total. The van der Waals surface area contributed by atoms with Crippen LogP contribution in [0.4, 0.5) is 5.69 Å². The lowest BCUT2D eigenvalue weighted by Crippen LogP contribution is -2.55. The molecule has 0 saturated carbocycles. The molecule has 5 heterocycles. The number of ketones is 1. The van der Waals surface area contributed by atoms with E-state index in [2.05, 4.69) is 19.2 Å². The summed E-state index contributed by atoms with van der Waals surface area (Å²) >= 11 is 0. The molecule has 176 valence electrons. The van der Waals surface area contributed by atoms with E-state index < -0.39 is 41.5 Å². The Kier molecular flexibility index (Phi) is 4.65. The van der Waals surface area contributed by atoms with E-state index in [4.69, 9.17) is 9.15 Å². The quantitative estimate of drug-likeness (QED) is 0.701. The first-order chi connectivity index (χ1) is 16.3. The van der Waals surface area contributed by atoms with Crippen molar-refractivity contribution in [2.45, 2.75) is 56.9 Å². The molecule has 0 unspecified atom stereocenters. The van der Waals surface area contributed by atoms with Gasteiger partial charge in [0, 0.05) is 18.0 Å². The zero-order valence-corrected chi connectivity index (χ0v) is 19.4. The molecule has 4 aliphatic heterocycles. The van der Waals surface area contributed by atoms with Gasteiger partial charge in [0.05, 0.1) is 36.3 Å². The number of Topliss-reactive ketones (excluding diaryl/α,β-unsaturated/α-hetero) is 1. The van der Waals surface area contributed by atoms with Gasteiger partial charge in [0.25, 0.3) is 0 Å². The van der Waals surface area contributed by atoms with Gasteiger partial charge in [0.2, 0.25) is 11.8 Å². The second kappa shape index (κ2) is 7.40. The minimum Gasteiger partial charge on any atom is -0.467 e. The molecule has 1 aromatic carbocycles. The Morgan fingerprint density at radius 2 is 1.94 bits per heavy atom. The Labute approximate surface area is 198 Å². The first-order valence-corrected chi connectivity index (χ1v) is 12.0. The van der Waals surface area contributed by atoms with Crippen LogP contribution in [-0.2, 0) is 19.1 Å². The smallest absolute Gasteiger partial charge is 0.231 e. The van der Waals surface area contributed by atoms with Crippen molar-refractivity contribution in [1.82, 2.24) is 4.90 Å². The summed E-state index contributed by atoms with van der Waals surface area (Å²) in [6, 6.07) is 10.4. The number of anilines is 1. The van der Waals surface area contributed by atoms with Gasteiger partial charge in [-0.05, 0) is 35.7 Å². The van der Waals surface area contributed by atoms with Gasteiger partial charge in [-0.15, -0.1) is 0 Å². The zero-order chi connectivity index (χ0) is 23.8. The van der Waals surface area contributed by atoms with Crippen LogP contribution in [0.25, 0.3) is 0 Å². The predicted octanol–water partition coefficient (Wildman–Crippen LogP) is 3.84. The molecule has 3 saturated heterocycles. The lowest BCUT2D eigenvalue weighted by molar-refractivity contribution is -0.147. The van der Waals surface area contributed by atoms with E-state index in [-0.39, 0.29) is 24.0 Å². The highest BCUT2D eigenvalue weighted by atomic mass is 16.5. The third-order valence-electron chi connectivity index (χ3n) is 8.10. The number of nitrogens with one attached hydrogen (secondary N) is 1. The summed E-state index contributed by atoms with van der Waals surface area (Å²) in [5, 5.41) is 3.00. The van der Waals surface area contributed by atoms with Gasteiger partial charge in [-0.25, -0.2) is 0 Å². The molecule has 0 radical (unpaired) electrons. The Balaban J connectivity index is 1.34. The van der Waals surface area contributed by atoms with E-state index >= 15 is 0 Å². The number of hydrogen-bond acceptors (Lipinski definition) is 5. The molecule has 2 aromatic rings. The number of carbonyl (C=O) groups is 3. The highest BCUT2D eigenvalue weighted by Crippen LogP contribution is 2.60. The van der Waals surface area contributed by atoms with Crippen LogP contribution >= 0.6 is 0 Å². The maximum absolute atomic E-state index is 13.9. The van der Waals surface area contributed by atoms with Crippen molar-refractivity contribution < 1.29 is 23.5 Å². The predicted molar refractivity (Wildman–Crippen MR) is 124 cm³/mol. The van der Waals surface area contributed by atoms with E-state index in [0.717, 1.165) is 0 Å². The number of amides is 2. The van der Waals surface area contributed by atoms with Crippen LogP contribution in [0, 0.1) is 17.8 Å². The number of carbonyl (C=O) groups excluding carboxylic acids is 3. The van der Waals surface area contributed by atoms with Gasteiger partial charge >= 0.3 is 0 Å². The Morgan fingerprint density at radius 3 is 2.62 bits per heavy atom. The van der Waals surface area contributed by atoms with E-state index in [0.29, 0.717) is 17.4 Å². The Hall–Kier alpha value is -3.19. The lowest BCUT2D eigenvalue weighted by atomic mass is 9.70. The molecule has 1 spiro atoms. The van der Waals surface area contributed by atoms with Crippen LogP contribution in [0.1, 0.15) is 50.5 Å². The van der Waals surface area contributed by atoms with Crippen LogP contribution in [-0.4, -0.2) is 40.2 Å². The fourth-order valence-electron chi connectivity index (χ4n) is 6.44. The maximum atomic E-state index is 13.9. The third-order valence-corrected chi connectivity index (χ3v) is 8.10. The molecule has 1 aromatic heterocycles. The fourth-order valence-corrected chi connectivity index (χ4v) is 6.44. The van der Waals surface area contributed by atoms with E-state index in [1.54, 1.807) is 23.3 Å². The van der Waals surface area contributed by atoms with Crippen LogP contribution < -0.4 is 5.32 Å². The van der Waals surface area contributed by atoms with Crippen molar-refractivity contribution >= 4 is 23.3 Å². The van der Waals surface area contributed by atoms with Gasteiger partial charge < -0.3 is 19.4 Å². The number of ether oxygens (including phenoxy) is 1. The first-order valence-electron chi connectivity index (χ1n) is 12.0. The number of nitrogens with zero attached hydrogens (tertiary/aromatic N) is 1. The molecule has 6 rings (SSSR count). The number of furan rings is 1. The summed E-state index contributed by atoms with van der Waals surface area (Å²) in [4.78, 5) is 42.2. The van der Waals surface area contributed by atoms with Gasteiger partial charge in [0.15, 0.2) is 0 Å². The van der Waals surface area contributed by atoms with Gasteiger partial charge in [-0.3, -0.25) is 14.4 Å². The molecule has 3 fully saturated rings. The topological polar surface area (TPSA) is 88.9 Å². The molecule has 2 amide bonds. The highest BCUT2D eigenvalue weighted by Gasteiger charge is 2.74. The summed E-state index contributed by atoms with van der Waals surface area (Å²) in [6.07, 6.45) is 5.06. The highest BCUT2D eigenvalue weighted by molar-refractivity contribution is 6.00. The largest absolute Gasteiger partial charge is 0.467 e. The van der Waals surface area contributed by atoms with Gasteiger partial charge in [-0.2, -0.15) is 0 Å². The van der Waals surface area contributed by atoms with Crippen molar-refractivity contribution in [3.8, 4) is 0 Å². The number of rotatable bonds is 4. The minimum atomic E-state index is -0.981. The lowest BCUT2D eigenvalue weighted by Gasteiger charge is -2.43. The molecular weight excluding hydrogens is 432 g/mol. The van der Waals surface area contributed by atoms with Crippen LogP contribution in [0.3, 0.4) is 0 Å². The van der Waals surface area contributed by atoms with E-state index in [1.807, 2.05) is 43.3 Å². The first kappa shape index (κ1) is 21.4. The van der Waals surface area contributed by atoms with Crippen molar-refractivity contribution in [1.29, 1.82) is 0 Å². The summed E-state index contributed by atoms with van der Waals surface area (Å²) in [6.45, 7) is 6.10. The molecule has 7 atom stereocenters. The van der Waals surface area contributed by atoms with E-state index in [9.17, 15) is 14.4 Å². The number of hydrogen-bond donors (Lipinski definition) is 1. The third kappa shape index (κ3) is 2.83. The number of fused-ring (bicyclic) bond motifs is 2. The van der Waals surface area contributed by atoms with Crippen molar-refractivity contribution in [2.24, 2.45) is 17.8 Å². The maximum Gasteiger partial charge on any atom is 0.231 e. The monoisotopic (exact) mass is 460 g/mol. The summed E-state index contributed by atoms with van der Waals surface area (Å²) < 4.78 is 12.0. The molecule has 4 aliphatic rings. The summed E-state index contributed by atoms with van der Waals surface area (Å²) in [7, 11) is 0. The minimum absolute atomic E-state index is 0.0732. The second-order valence-electron chi connectivity index (χ2n) is 10.2. The summed E-state index contributed by atoms with van der Waals surface area (Å²) in [5.41, 5.74) is 0.898. The zero-order valence-electron chi connectivity index (χ0n) is 19.4. The average Bonchev–Trinajstić information content (AvgIpc) is 3.59. The number of benzene rings is 1. The van der Waals surface area contributed by atoms with Crippen molar-refractivity contribution in [3.05, 3.63) is 66.1 Å². The van der Waals surface area contributed by atoms with Crippen LogP contribution in [0.5, 0.6) is 0 Å². The van der Waals surface area contributed by atoms with Crippen molar-refractivity contribution in [2.75, 3.05) is 5.32 Å². The normalized spacial score (nSPS) is 35.7. The van der Waals surface area contributed by atoms with Crippen LogP contribution in [0.15, 0.2) is 59.2 Å². The van der Waals surface area contributed by atoms with E-state index in [1.165, 1.54) is 5.56 Å². The molecule has 7 heteroatoms. The summed E-state index contributed by atoms with van der Waals surface area (Å²) in [5.74, 6) is -1.05. The Morgan fingerprint density at radius 1 is 1.18 bits per heavy atom. The fraction of sp³-hybridized carbons (Fsp3) is 0.444. The average molecular weight is 461 g/mol. The molecule has 2 bridgehead atoms. The van der Waals surface area contributed by atoms with Crippen molar-refractivity contribution in [3.63, 3.8) is 0 Å². The standard InChI is InChI=1S/C27H28N2O5/c1-14(2)16-6-8-17(9-7-16)28-25(31)22-21-10-11-27(34-21)23(22)26(32)29-18(20-5-4-12-33-20)13-19(30)15(3)24(27)29/h4-12,14-15,18,21-24H,13H2,1-3H3,(H,28,31)/t15-,18+,21+,22-,23+,24+,27+/m1/s1. The molecule has 1 N–H and O–H groups in total. The number of piperidine rings is 1. The van der Waals surface area contributed by atoms with Gasteiger partial charge in [-0.1, -0.05) is 45.1 Å². The molecule has 34 heavy (non-hydrogen) atoms. The van der Waals surface area contributed by atoms with Gasteiger partial charge in [0.1, 0.15) is 17.1 Å². The van der Waals surface area contributed by atoms with Crippen LogP contribution in [0.2, 0.25) is 0 Å². The SMILES string of the molecule is CC(C)c1ccc(NC(=O)[C@@H]2[C@@H]3C=C[C@]4(O3)[C@@H]2C(=O)N2[C@H]4[C@H](C)C(=O)C[C@H]2c2ccco2)cc1. The molecule has 0 aliphatic carbocycles.